The maximum atomic E-state index is 12.5. The van der Waals surface area contributed by atoms with E-state index in [2.05, 4.69) is 4.98 Å². The number of carbonyl (C=O) groups is 1. The number of rotatable bonds is 2. The number of hydrogen-bond acceptors (Lipinski definition) is 3. The Hall–Kier alpha value is -1.81. The van der Waals surface area contributed by atoms with Gasteiger partial charge in [-0.05, 0) is 31.5 Å². The van der Waals surface area contributed by atoms with Crippen molar-refractivity contribution < 1.29 is 4.79 Å². The van der Waals surface area contributed by atoms with Crippen LogP contribution in [0.3, 0.4) is 0 Å². The first kappa shape index (κ1) is 13.2. The first-order chi connectivity index (χ1) is 9.68. The number of nitrogens with zero attached hydrogens (tertiary/aromatic N) is 2. The number of aryl methyl sites for hydroxylation is 1. The molecule has 2 aromatic rings. The van der Waals surface area contributed by atoms with E-state index in [0.29, 0.717) is 0 Å². The number of thioether (sulfide) groups is 1. The van der Waals surface area contributed by atoms with Crippen LogP contribution in [-0.4, -0.2) is 16.1 Å². The van der Waals surface area contributed by atoms with E-state index in [1.54, 1.807) is 18.0 Å². The predicted molar refractivity (Wildman–Crippen MR) is 82.7 cm³/mol. The monoisotopic (exact) mass is 284 g/mol. The van der Waals surface area contributed by atoms with Crippen LogP contribution >= 0.6 is 11.8 Å². The van der Waals surface area contributed by atoms with Crippen molar-refractivity contribution in [3.05, 3.63) is 59.9 Å². The third kappa shape index (κ3) is 2.20. The van der Waals surface area contributed by atoms with Crippen LogP contribution in [0.2, 0.25) is 0 Å². The zero-order valence-corrected chi connectivity index (χ0v) is 12.3. The number of aromatic nitrogens is 1. The summed E-state index contributed by atoms with van der Waals surface area (Å²) in [7, 11) is 0. The van der Waals surface area contributed by atoms with Crippen LogP contribution in [0.4, 0.5) is 5.69 Å². The fourth-order valence-electron chi connectivity index (χ4n) is 2.45. The van der Waals surface area contributed by atoms with E-state index in [1.165, 1.54) is 0 Å². The van der Waals surface area contributed by atoms with Crippen molar-refractivity contribution in [1.29, 1.82) is 0 Å². The molecule has 0 N–H and O–H groups in total. The van der Waals surface area contributed by atoms with Gasteiger partial charge in [0.25, 0.3) is 0 Å². The van der Waals surface area contributed by atoms with E-state index in [4.69, 9.17) is 0 Å². The minimum atomic E-state index is -0.0280. The maximum Gasteiger partial charge on any atom is 0.241 e. The van der Waals surface area contributed by atoms with Gasteiger partial charge in [0, 0.05) is 23.6 Å². The van der Waals surface area contributed by atoms with Crippen molar-refractivity contribution in [3.8, 4) is 0 Å². The van der Waals surface area contributed by atoms with Gasteiger partial charge < -0.3 is 0 Å². The van der Waals surface area contributed by atoms with Gasteiger partial charge in [0.15, 0.2) is 0 Å². The molecule has 2 unspecified atom stereocenters. The molecule has 20 heavy (non-hydrogen) atoms. The molecule has 1 fully saturated rings. The quantitative estimate of drug-likeness (QED) is 0.845. The molecule has 3 nitrogen and oxygen atoms in total. The number of hydrogen-bond donors (Lipinski definition) is 0. The van der Waals surface area contributed by atoms with Crippen LogP contribution in [-0.2, 0) is 4.79 Å². The number of para-hydroxylation sites is 1. The summed E-state index contributed by atoms with van der Waals surface area (Å²) in [5.74, 6) is 0.165. The first-order valence-electron chi connectivity index (χ1n) is 6.62. The molecule has 0 saturated carbocycles. The van der Waals surface area contributed by atoms with Crippen LogP contribution in [0.1, 0.15) is 23.4 Å². The van der Waals surface area contributed by atoms with E-state index in [9.17, 15) is 4.79 Å². The van der Waals surface area contributed by atoms with Crippen molar-refractivity contribution in [2.75, 3.05) is 4.90 Å². The van der Waals surface area contributed by atoms with Gasteiger partial charge in [-0.25, -0.2) is 0 Å². The average Bonchev–Trinajstić information content (AvgIpc) is 2.77. The first-order valence-corrected chi connectivity index (χ1v) is 7.57. The smallest absolute Gasteiger partial charge is 0.241 e. The Morgan fingerprint density at radius 1 is 1.20 bits per heavy atom. The Kier molecular flexibility index (Phi) is 3.49. The highest BCUT2D eigenvalue weighted by Crippen LogP contribution is 2.45. The summed E-state index contributed by atoms with van der Waals surface area (Å²) < 4.78 is 0. The summed E-state index contributed by atoms with van der Waals surface area (Å²) in [4.78, 5) is 18.6. The summed E-state index contributed by atoms with van der Waals surface area (Å²) in [5, 5.41) is -0.0212. The predicted octanol–water partition coefficient (Wildman–Crippen LogP) is 3.56. The summed E-state index contributed by atoms with van der Waals surface area (Å²) in [6.07, 6.45) is 3.60. The third-order valence-corrected chi connectivity index (χ3v) is 4.85. The molecule has 3 rings (SSSR count). The number of pyridine rings is 1. The lowest BCUT2D eigenvalue weighted by Crippen LogP contribution is -2.30. The second-order valence-electron chi connectivity index (χ2n) is 4.91. The molecule has 1 aromatic heterocycles. The molecular weight excluding hydrogens is 268 g/mol. The van der Waals surface area contributed by atoms with E-state index in [1.807, 2.05) is 61.3 Å². The molecule has 102 valence electrons. The molecule has 1 aliphatic heterocycles. The Balaban J connectivity index is 2.06. The highest BCUT2D eigenvalue weighted by atomic mass is 32.2. The van der Waals surface area contributed by atoms with Crippen LogP contribution in [0, 0.1) is 6.92 Å². The number of benzene rings is 1. The molecule has 0 bridgehead atoms. The van der Waals surface area contributed by atoms with Gasteiger partial charge >= 0.3 is 0 Å². The molecule has 1 amide bonds. The zero-order valence-electron chi connectivity index (χ0n) is 11.5. The summed E-state index contributed by atoms with van der Waals surface area (Å²) in [6, 6.07) is 12.0. The van der Waals surface area contributed by atoms with Gasteiger partial charge in [0.1, 0.15) is 5.37 Å². The molecule has 0 spiro atoms. The minimum absolute atomic E-state index is 0.00676. The third-order valence-electron chi connectivity index (χ3n) is 3.50. The van der Waals surface area contributed by atoms with Crippen LogP contribution < -0.4 is 4.90 Å². The van der Waals surface area contributed by atoms with Crippen LogP contribution in [0.25, 0.3) is 0 Å². The lowest BCUT2D eigenvalue weighted by atomic mass is 10.1. The average molecular weight is 284 g/mol. The number of anilines is 1. The summed E-state index contributed by atoms with van der Waals surface area (Å²) in [5.41, 5.74) is 3.17. The summed E-state index contributed by atoms with van der Waals surface area (Å²) >= 11 is 1.67. The van der Waals surface area contributed by atoms with Crippen molar-refractivity contribution in [2.24, 2.45) is 0 Å². The zero-order chi connectivity index (χ0) is 14.1. The minimum Gasteiger partial charge on any atom is -0.294 e. The van der Waals surface area contributed by atoms with Gasteiger partial charge in [0.05, 0.1) is 5.25 Å². The normalized spacial score (nSPS) is 22.3. The highest BCUT2D eigenvalue weighted by molar-refractivity contribution is 8.01. The van der Waals surface area contributed by atoms with Gasteiger partial charge in [-0.15, -0.1) is 11.8 Å². The van der Waals surface area contributed by atoms with E-state index in [0.717, 1.165) is 16.8 Å². The Morgan fingerprint density at radius 3 is 2.70 bits per heavy atom. The van der Waals surface area contributed by atoms with Crippen molar-refractivity contribution >= 4 is 23.4 Å². The van der Waals surface area contributed by atoms with E-state index in [-0.39, 0.29) is 16.5 Å². The topological polar surface area (TPSA) is 33.2 Å². The fraction of sp³-hybridized carbons (Fsp3) is 0.250. The largest absolute Gasteiger partial charge is 0.294 e. The molecule has 4 heteroatoms. The SMILES string of the molecule is Cc1ccccc1N1C(=O)C(C)SC1c1cccnc1. The second-order valence-corrected chi connectivity index (χ2v) is 6.34. The van der Waals surface area contributed by atoms with Crippen LogP contribution in [0.5, 0.6) is 0 Å². The van der Waals surface area contributed by atoms with Gasteiger partial charge in [-0.2, -0.15) is 0 Å². The molecule has 0 radical (unpaired) electrons. The summed E-state index contributed by atoms with van der Waals surface area (Å²) in [6.45, 7) is 4.01. The number of carbonyl (C=O) groups excluding carboxylic acids is 1. The lowest BCUT2D eigenvalue weighted by Gasteiger charge is -2.25. The van der Waals surface area contributed by atoms with E-state index >= 15 is 0 Å². The molecule has 1 aliphatic rings. The second kappa shape index (κ2) is 5.29. The fourth-order valence-corrected chi connectivity index (χ4v) is 3.70. The number of amides is 1. The molecule has 1 saturated heterocycles. The van der Waals surface area contributed by atoms with Gasteiger partial charge in [-0.1, -0.05) is 24.3 Å². The highest BCUT2D eigenvalue weighted by Gasteiger charge is 2.39. The van der Waals surface area contributed by atoms with Crippen molar-refractivity contribution in [2.45, 2.75) is 24.5 Å². The Labute approximate surface area is 123 Å². The molecule has 1 aromatic carbocycles. The Bertz CT molecular complexity index is 629. The van der Waals surface area contributed by atoms with Gasteiger partial charge in [0.2, 0.25) is 5.91 Å². The standard InChI is InChI=1S/C16H16N2OS/c1-11-6-3-4-8-14(11)18-15(19)12(2)20-16(18)13-7-5-9-17-10-13/h3-10,12,16H,1-2H3. The van der Waals surface area contributed by atoms with Crippen molar-refractivity contribution in [1.82, 2.24) is 4.98 Å². The van der Waals surface area contributed by atoms with Crippen LogP contribution in [0.15, 0.2) is 48.8 Å². The molecule has 2 heterocycles. The molecule has 2 atom stereocenters. The molecule has 0 aliphatic carbocycles. The Morgan fingerprint density at radius 2 is 2.00 bits per heavy atom. The van der Waals surface area contributed by atoms with E-state index < -0.39 is 0 Å². The van der Waals surface area contributed by atoms with Crippen molar-refractivity contribution in [3.63, 3.8) is 0 Å². The maximum absolute atomic E-state index is 12.5. The lowest BCUT2D eigenvalue weighted by molar-refractivity contribution is -0.117. The van der Waals surface area contributed by atoms with Gasteiger partial charge in [-0.3, -0.25) is 14.7 Å². The molecular formula is C16H16N2OS.